The molecule has 4 nitrogen and oxygen atoms in total. The molecule has 0 unspecified atom stereocenters. The molecule has 0 fully saturated rings. The number of pyridine rings is 3. The van der Waals surface area contributed by atoms with Gasteiger partial charge >= 0.3 is 0 Å². The number of hydrogen-bond donors (Lipinski definition) is 0. The monoisotopic (exact) mass is 763 g/mol. The molecule has 1 aliphatic carbocycles. The van der Waals surface area contributed by atoms with E-state index in [9.17, 15) is 0 Å². The van der Waals surface area contributed by atoms with E-state index in [1.54, 1.807) is 0 Å². The molecule has 0 N–H and O–H groups in total. The van der Waals surface area contributed by atoms with Crippen molar-refractivity contribution < 1.29 is 4.74 Å². The van der Waals surface area contributed by atoms with Crippen LogP contribution in [0.3, 0.4) is 0 Å². The smallest absolute Gasteiger partial charge is 0.132 e. The number of ether oxygens (including phenoxy) is 1. The molecule has 4 heteroatoms. The summed E-state index contributed by atoms with van der Waals surface area (Å²) in [7, 11) is 0. The maximum Gasteiger partial charge on any atom is 0.132 e. The van der Waals surface area contributed by atoms with Crippen molar-refractivity contribution in [2.75, 3.05) is 0 Å². The fraction of sp³-hybridized carbons (Fsp3) is 0.0179. The summed E-state index contributed by atoms with van der Waals surface area (Å²) >= 11 is 0. The number of hydrogen-bond acceptors (Lipinski definition) is 4. The van der Waals surface area contributed by atoms with Gasteiger partial charge in [-0.05, 0) is 76.2 Å². The van der Waals surface area contributed by atoms with Gasteiger partial charge in [0.25, 0.3) is 0 Å². The maximum absolute atomic E-state index is 6.64. The third-order valence-electron chi connectivity index (χ3n) is 12.7. The van der Waals surface area contributed by atoms with Gasteiger partial charge < -0.3 is 4.74 Å². The Morgan fingerprint density at radius 3 is 1.60 bits per heavy atom. The second-order valence-electron chi connectivity index (χ2n) is 15.9. The van der Waals surface area contributed by atoms with Crippen LogP contribution in [0.2, 0.25) is 0 Å². The minimum Gasteiger partial charge on any atom is -0.457 e. The van der Waals surface area contributed by atoms with Crippen LogP contribution in [0.15, 0.2) is 200 Å². The van der Waals surface area contributed by atoms with Crippen LogP contribution < -0.4 is 4.74 Å². The molecule has 0 radical (unpaired) electrons. The summed E-state index contributed by atoms with van der Waals surface area (Å²) < 4.78 is 6.64. The normalized spacial score (nSPS) is 13.3. The number of para-hydroxylation sites is 2. The molecule has 11 aromatic rings. The van der Waals surface area contributed by atoms with Crippen molar-refractivity contribution >= 4 is 43.5 Å². The van der Waals surface area contributed by atoms with Crippen molar-refractivity contribution in [3.63, 3.8) is 0 Å². The Morgan fingerprint density at radius 1 is 0.350 bits per heavy atom. The second kappa shape index (κ2) is 12.5. The molecule has 0 bridgehead atoms. The summed E-state index contributed by atoms with van der Waals surface area (Å²) in [6.07, 6.45) is 0. The molecule has 1 spiro atoms. The van der Waals surface area contributed by atoms with E-state index in [0.717, 1.165) is 99.9 Å². The fourth-order valence-electron chi connectivity index (χ4n) is 10.0. The van der Waals surface area contributed by atoms with Crippen molar-refractivity contribution in [3.8, 4) is 56.4 Å². The van der Waals surface area contributed by atoms with Crippen molar-refractivity contribution in [2.45, 2.75) is 5.41 Å². The fourth-order valence-corrected chi connectivity index (χ4v) is 10.0. The van der Waals surface area contributed by atoms with Gasteiger partial charge in [-0.15, -0.1) is 0 Å². The first-order valence-corrected chi connectivity index (χ1v) is 20.4. The number of rotatable bonds is 3. The average molecular weight is 764 g/mol. The minimum absolute atomic E-state index is 0.581. The SMILES string of the molecule is c1ccc(-c2ccc3ccc4ccc(-c5ccc6nc(-c7ccccc7)c7cc8c(cc7c6c5)-c5ccccc5C85c6ccccc6Oc6ccccc65)nc4c3n2)cc1. The van der Waals surface area contributed by atoms with Crippen LogP contribution in [-0.4, -0.2) is 15.0 Å². The first kappa shape index (κ1) is 33.1. The number of aromatic nitrogens is 3. The lowest BCUT2D eigenvalue weighted by atomic mass is 9.66. The molecular formula is C56H33N3O. The maximum atomic E-state index is 6.64. The highest BCUT2D eigenvalue weighted by Gasteiger charge is 2.51. The lowest BCUT2D eigenvalue weighted by Gasteiger charge is -2.39. The van der Waals surface area contributed by atoms with Crippen LogP contribution >= 0.6 is 0 Å². The highest BCUT2D eigenvalue weighted by atomic mass is 16.5. The summed E-state index contributed by atoms with van der Waals surface area (Å²) in [4.78, 5) is 16.0. The predicted molar refractivity (Wildman–Crippen MR) is 244 cm³/mol. The van der Waals surface area contributed by atoms with Gasteiger partial charge in [0.2, 0.25) is 0 Å². The van der Waals surface area contributed by atoms with Crippen LogP contribution in [0.1, 0.15) is 22.3 Å². The lowest BCUT2D eigenvalue weighted by molar-refractivity contribution is 0.436. The van der Waals surface area contributed by atoms with Crippen LogP contribution in [0.5, 0.6) is 11.5 Å². The van der Waals surface area contributed by atoms with Gasteiger partial charge in [-0.25, -0.2) is 15.0 Å². The van der Waals surface area contributed by atoms with E-state index in [4.69, 9.17) is 19.7 Å². The molecule has 8 aromatic carbocycles. The number of nitrogens with zero attached hydrogens (tertiary/aromatic N) is 3. The molecule has 60 heavy (non-hydrogen) atoms. The van der Waals surface area contributed by atoms with Gasteiger partial charge in [0, 0.05) is 49.4 Å². The summed E-state index contributed by atoms with van der Waals surface area (Å²) in [6, 6.07) is 71.2. The van der Waals surface area contributed by atoms with E-state index in [-0.39, 0.29) is 0 Å². The Morgan fingerprint density at radius 2 is 0.917 bits per heavy atom. The van der Waals surface area contributed by atoms with Crippen molar-refractivity contribution in [3.05, 3.63) is 222 Å². The number of fused-ring (bicyclic) bond motifs is 15. The van der Waals surface area contributed by atoms with Gasteiger partial charge in [0.15, 0.2) is 0 Å². The molecule has 2 aliphatic rings. The number of benzene rings is 8. The standard InChI is InChI=1S/C56H33N3O/c1-3-13-34(14-4-1)48-28-25-36-23-24-37-26-29-49(58-55(37)54(36)57-48)38-27-30-50-42(31-38)40-32-41-39-17-7-8-18-44(39)56(47(41)33-43(40)53(59-50)35-15-5-2-6-16-35)45-19-9-11-21-51(45)60-52-22-12-10-20-46(52)56/h1-33H. The Balaban J connectivity index is 1.08. The highest BCUT2D eigenvalue weighted by Crippen LogP contribution is 2.62. The molecule has 13 rings (SSSR count). The molecule has 1 aliphatic heterocycles. The van der Waals surface area contributed by atoms with E-state index in [1.165, 1.54) is 22.3 Å². The zero-order valence-corrected chi connectivity index (χ0v) is 32.3. The molecule has 0 atom stereocenters. The van der Waals surface area contributed by atoms with E-state index < -0.39 is 5.41 Å². The zero-order valence-electron chi connectivity index (χ0n) is 32.3. The van der Waals surface area contributed by atoms with Crippen molar-refractivity contribution in [2.24, 2.45) is 0 Å². The van der Waals surface area contributed by atoms with Gasteiger partial charge in [-0.1, -0.05) is 152 Å². The van der Waals surface area contributed by atoms with Gasteiger partial charge in [0.1, 0.15) is 11.5 Å². The van der Waals surface area contributed by atoms with Crippen molar-refractivity contribution in [1.29, 1.82) is 0 Å². The Kier molecular flexibility index (Phi) is 6.90. The zero-order chi connectivity index (χ0) is 39.4. The molecule has 4 heterocycles. The quantitative estimate of drug-likeness (QED) is 0.168. The summed E-state index contributed by atoms with van der Waals surface area (Å²) in [5.41, 5.74) is 15.4. The summed E-state index contributed by atoms with van der Waals surface area (Å²) in [6.45, 7) is 0. The van der Waals surface area contributed by atoms with Gasteiger partial charge in [-0.2, -0.15) is 0 Å². The minimum atomic E-state index is -0.581. The van der Waals surface area contributed by atoms with Crippen molar-refractivity contribution in [1.82, 2.24) is 15.0 Å². The van der Waals surface area contributed by atoms with E-state index >= 15 is 0 Å². The third-order valence-corrected chi connectivity index (χ3v) is 12.7. The Labute approximate surface area is 346 Å². The Bertz CT molecular complexity index is 3530. The van der Waals surface area contributed by atoms with Crippen LogP contribution in [-0.2, 0) is 5.41 Å². The van der Waals surface area contributed by atoms with E-state index in [1.807, 2.05) is 6.07 Å². The largest absolute Gasteiger partial charge is 0.457 e. The van der Waals surface area contributed by atoms with Crippen LogP contribution in [0.4, 0.5) is 0 Å². The summed E-state index contributed by atoms with van der Waals surface area (Å²) in [5.74, 6) is 1.76. The molecule has 0 saturated heterocycles. The molecule has 3 aromatic heterocycles. The van der Waals surface area contributed by atoms with E-state index in [2.05, 4.69) is 194 Å². The molecule has 278 valence electrons. The predicted octanol–water partition coefficient (Wildman–Crippen LogP) is 14.0. The molecular weight excluding hydrogens is 731 g/mol. The first-order valence-electron chi connectivity index (χ1n) is 20.4. The first-order chi connectivity index (χ1) is 29.7. The van der Waals surface area contributed by atoms with Crippen LogP contribution in [0, 0.1) is 0 Å². The molecule has 0 saturated carbocycles. The highest BCUT2D eigenvalue weighted by molar-refractivity contribution is 6.14. The van der Waals surface area contributed by atoms with Crippen LogP contribution in [0.25, 0.3) is 88.4 Å². The average Bonchev–Trinajstić information content (AvgIpc) is 3.60. The summed E-state index contributed by atoms with van der Waals surface area (Å²) in [5, 5.41) is 5.47. The third kappa shape index (κ3) is 4.64. The Hall–Kier alpha value is -7.95. The van der Waals surface area contributed by atoms with Gasteiger partial charge in [-0.3, -0.25) is 0 Å². The van der Waals surface area contributed by atoms with Gasteiger partial charge in [0.05, 0.1) is 39.0 Å². The lowest BCUT2D eigenvalue weighted by Crippen LogP contribution is -2.32. The van der Waals surface area contributed by atoms with E-state index in [0.29, 0.717) is 0 Å². The second-order valence-corrected chi connectivity index (χ2v) is 15.9. The topological polar surface area (TPSA) is 47.9 Å². The molecule has 0 amide bonds.